The zero-order chi connectivity index (χ0) is 24.7. The molecule has 2 aromatic rings. The zero-order valence-corrected chi connectivity index (χ0v) is 20.7. The van der Waals surface area contributed by atoms with Crippen LogP contribution in [-0.2, 0) is 18.3 Å². The van der Waals surface area contributed by atoms with E-state index >= 15 is 0 Å². The molecule has 184 valence electrons. The summed E-state index contributed by atoms with van der Waals surface area (Å²) in [6.45, 7) is 7.16. The Labute approximate surface area is 199 Å². The molecule has 0 bridgehead atoms. The molecule has 0 spiro atoms. The van der Waals surface area contributed by atoms with Crippen molar-refractivity contribution >= 4 is 13.5 Å². The average Bonchev–Trinajstić information content (AvgIpc) is 2.78. The average molecular weight is 490 g/mol. The van der Waals surface area contributed by atoms with Crippen molar-refractivity contribution in [3.05, 3.63) is 70.7 Å². The quantitative estimate of drug-likeness (QED) is 0.356. The van der Waals surface area contributed by atoms with Crippen LogP contribution in [0.4, 0.5) is 0 Å². The first-order valence-corrected chi connectivity index (χ1v) is 13.0. The lowest BCUT2D eigenvalue weighted by Crippen LogP contribution is -2.32. The Bertz CT molecular complexity index is 1080. The van der Waals surface area contributed by atoms with Gasteiger partial charge in [-0.2, -0.15) is 4.57 Å². The molecule has 10 heteroatoms. The van der Waals surface area contributed by atoms with E-state index in [1.165, 1.54) is 12.3 Å². The summed E-state index contributed by atoms with van der Waals surface area (Å²) in [5.41, 5.74) is -0.169. The first-order chi connectivity index (χ1) is 16.2. The van der Waals surface area contributed by atoms with Gasteiger partial charge in [0, 0.05) is 17.8 Å². The summed E-state index contributed by atoms with van der Waals surface area (Å²) < 4.78 is 36.6. The number of hydrogen-bond acceptors (Lipinski definition) is 8. The third-order valence-corrected chi connectivity index (χ3v) is 6.71. The zero-order valence-electron chi connectivity index (χ0n) is 19.8. The molecule has 2 atom stereocenters. The Hall–Kier alpha value is -2.58. The van der Waals surface area contributed by atoms with Crippen LogP contribution in [0, 0.1) is 0 Å². The molecule has 34 heavy (non-hydrogen) atoms. The van der Waals surface area contributed by atoms with E-state index in [4.69, 9.17) is 18.5 Å². The summed E-state index contributed by atoms with van der Waals surface area (Å²) in [4.78, 5) is 29.4. The molecule has 0 N–H and O–H groups in total. The number of nitrogens with zero attached hydrogens (tertiary/aromatic N) is 2. The van der Waals surface area contributed by atoms with E-state index in [2.05, 4.69) is 4.98 Å². The predicted molar refractivity (Wildman–Crippen MR) is 127 cm³/mol. The number of carbonyl (C=O) groups is 1. The largest absolute Gasteiger partial charge is 0.457 e. The Morgan fingerprint density at radius 2 is 1.65 bits per heavy atom. The van der Waals surface area contributed by atoms with Crippen LogP contribution in [0.1, 0.15) is 50.9 Å². The van der Waals surface area contributed by atoms with Gasteiger partial charge in [0.05, 0.1) is 18.3 Å². The summed E-state index contributed by atoms with van der Waals surface area (Å²) >= 11 is 0. The Morgan fingerprint density at radius 3 is 2.24 bits per heavy atom. The second-order valence-corrected chi connectivity index (χ2v) is 10.3. The first-order valence-electron chi connectivity index (χ1n) is 11.3. The number of hydrogen-bond donors (Lipinski definition) is 0. The Morgan fingerprint density at radius 1 is 1.03 bits per heavy atom. The van der Waals surface area contributed by atoms with Crippen molar-refractivity contribution in [1.29, 1.82) is 0 Å². The lowest BCUT2D eigenvalue weighted by Gasteiger charge is -2.27. The van der Waals surface area contributed by atoms with Gasteiger partial charge in [0.1, 0.15) is 12.5 Å². The van der Waals surface area contributed by atoms with Gasteiger partial charge in [0.2, 0.25) is 0 Å². The molecule has 0 unspecified atom stereocenters. The minimum absolute atomic E-state index is 0.0736. The fourth-order valence-electron chi connectivity index (χ4n) is 3.43. The third-order valence-electron chi connectivity index (χ3n) is 4.76. The standard InChI is InChI=1S/C24H31N2O7P/c1-17(2)32-34(29,33-18(3)4)16-30-20-10-12-21(13-11-20)31-24-25-15-14-22(27)26(24)23(28)19-8-6-5-7-9-19/h5-10,12,14-15,17-18,20-21H,11,13,16H2,1-4H3/t20-,21+/m1/s1. The van der Waals surface area contributed by atoms with Gasteiger partial charge in [0.25, 0.3) is 11.5 Å². The van der Waals surface area contributed by atoms with Crippen LogP contribution in [0.15, 0.2) is 59.5 Å². The lowest BCUT2D eigenvalue weighted by atomic mass is 10.0. The molecular weight excluding hydrogens is 459 g/mol. The van der Waals surface area contributed by atoms with E-state index in [9.17, 15) is 14.2 Å². The van der Waals surface area contributed by atoms with Crippen LogP contribution in [0.2, 0.25) is 0 Å². The van der Waals surface area contributed by atoms with E-state index in [-0.39, 0.29) is 30.7 Å². The van der Waals surface area contributed by atoms with Crippen molar-refractivity contribution in [2.75, 3.05) is 6.35 Å². The molecule has 1 heterocycles. The van der Waals surface area contributed by atoms with Crippen molar-refractivity contribution in [2.24, 2.45) is 0 Å². The van der Waals surface area contributed by atoms with Crippen LogP contribution in [0.3, 0.4) is 0 Å². The van der Waals surface area contributed by atoms with Gasteiger partial charge in [0.15, 0.2) is 0 Å². The number of rotatable bonds is 10. The van der Waals surface area contributed by atoms with E-state index in [0.717, 1.165) is 4.57 Å². The van der Waals surface area contributed by atoms with Crippen LogP contribution in [0.5, 0.6) is 6.01 Å². The van der Waals surface area contributed by atoms with Crippen LogP contribution in [-0.4, -0.2) is 46.2 Å². The summed E-state index contributed by atoms with van der Waals surface area (Å²) in [6, 6.07) is 9.61. The molecule has 3 rings (SSSR count). The molecule has 1 aliphatic rings. The molecule has 0 saturated heterocycles. The summed E-state index contributed by atoms with van der Waals surface area (Å²) in [7, 11) is -3.39. The highest BCUT2D eigenvalue weighted by molar-refractivity contribution is 7.53. The minimum atomic E-state index is -3.39. The highest BCUT2D eigenvalue weighted by atomic mass is 31.2. The molecular formula is C24H31N2O7P. The normalized spacial score (nSPS) is 18.4. The Balaban J connectivity index is 1.66. The maximum absolute atomic E-state index is 12.9. The summed E-state index contributed by atoms with van der Waals surface area (Å²) in [6.07, 6.45) is 4.63. The van der Waals surface area contributed by atoms with Crippen LogP contribution in [0.25, 0.3) is 0 Å². The monoisotopic (exact) mass is 490 g/mol. The fourth-order valence-corrected chi connectivity index (χ4v) is 5.26. The fraction of sp³-hybridized carbons (Fsp3) is 0.458. The van der Waals surface area contributed by atoms with Crippen LogP contribution < -0.4 is 10.3 Å². The van der Waals surface area contributed by atoms with Crippen molar-refractivity contribution in [1.82, 2.24) is 9.55 Å². The molecule has 0 radical (unpaired) electrons. The smallest absolute Gasteiger partial charge is 0.356 e. The molecule has 1 aliphatic carbocycles. The minimum Gasteiger partial charge on any atom is -0.457 e. The number of aromatic nitrogens is 2. The van der Waals surface area contributed by atoms with Gasteiger partial charge in [-0.05, 0) is 58.7 Å². The van der Waals surface area contributed by atoms with E-state index in [1.54, 1.807) is 70.2 Å². The van der Waals surface area contributed by atoms with E-state index < -0.39 is 25.2 Å². The number of benzene rings is 1. The molecule has 1 aromatic heterocycles. The highest BCUT2D eigenvalue weighted by Gasteiger charge is 2.30. The van der Waals surface area contributed by atoms with Gasteiger partial charge in [-0.1, -0.05) is 24.3 Å². The predicted octanol–water partition coefficient (Wildman–Crippen LogP) is 4.42. The summed E-state index contributed by atoms with van der Waals surface area (Å²) in [5.74, 6) is -0.513. The van der Waals surface area contributed by atoms with Crippen molar-refractivity contribution in [3.8, 4) is 6.01 Å². The summed E-state index contributed by atoms with van der Waals surface area (Å²) in [5, 5.41) is 0. The maximum Gasteiger partial charge on any atom is 0.356 e. The third kappa shape index (κ3) is 7.21. The molecule has 0 saturated carbocycles. The topological polar surface area (TPSA) is 106 Å². The van der Waals surface area contributed by atoms with Gasteiger partial charge < -0.3 is 18.5 Å². The molecule has 0 amide bonds. The second-order valence-electron chi connectivity index (χ2n) is 8.44. The maximum atomic E-state index is 12.9. The molecule has 0 aliphatic heterocycles. The highest BCUT2D eigenvalue weighted by Crippen LogP contribution is 2.50. The molecule has 9 nitrogen and oxygen atoms in total. The second kappa shape index (κ2) is 11.7. The van der Waals surface area contributed by atoms with Crippen molar-refractivity contribution < 1.29 is 27.9 Å². The van der Waals surface area contributed by atoms with Crippen LogP contribution >= 0.6 is 7.60 Å². The van der Waals surface area contributed by atoms with Gasteiger partial charge in [-0.25, -0.2) is 4.98 Å². The lowest BCUT2D eigenvalue weighted by molar-refractivity contribution is 0.0602. The number of ether oxygens (including phenoxy) is 2. The SMILES string of the molecule is CC(C)OP(=O)(CO[C@@H]1C=C[C@H](Oc2nccc(=O)n2C(=O)c2ccccc2)CC1)OC(C)C. The first kappa shape index (κ1) is 26.0. The molecule has 0 fully saturated rings. The van der Waals surface area contributed by atoms with Gasteiger partial charge in [-0.3, -0.25) is 14.2 Å². The van der Waals surface area contributed by atoms with Gasteiger partial charge >= 0.3 is 13.6 Å². The van der Waals surface area contributed by atoms with Crippen molar-refractivity contribution in [3.63, 3.8) is 0 Å². The number of carbonyl (C=O) groups excluding carboxylic acids is 1. The Kier molecular flexibility index (Phi) is 8.97. The van der Waals surface area contributed by atoms with E-state index in [1.807, 2.05) is 0 Å². The van der Waals surface area contributed by atoms with Gasteiger partial charge in [-0.15, -0.1) is 0 Å². The molecule has 1 aromatic carbocycles. The van der Waals surface area contributed by atoms with E-state index in [0.29, 0.717) is 18.4 Å². The van der Waals surface area contributed by atoms with Crippen molar-refractivity contribution in [2.45, 2.75) is 65.0 Å².